The fourth-order valence-electron chi connectivity index (χ4n) is 2.36. The largest absolute Gasteiger partial charge is 0.330 e. The van der Waals surface area contributed by atoms with Crippen molar-refractivity contribution < 1.29 is 14.0 Å². The monoisotopic (exact) mass is 357 g/mol. The first-order valence-electron chi connectivity index (χ1n) is 5.90. The average molecular weight is 358 g/mol. The third-order valence-electron chi connectivity index (χ3n) is 3.28. The summed E-state index contributed by atoms with van der Waals surface area (Å²) in [7, 11) is 0. The molecule has 2 N–H and O–H groups in total. The molecule has 1 aliphatic rings. The zero-order valence-corrected chi connectivity index (χ0v) is 12.5. The van der Waals surface area contributed by atoms with Gasteiger partial charge in [0.15, 0.2) is 4.77 Å². The van der Waals surface area contributed by atoms with Crippen LogP contribution in [0.5, 0.6) is 0 Å². The highest BCUT2D eigenvalue weighted by molar-refractivity contribution is 9.10. The standard InChI is InChI=1S/C12H9BrFN3O2S/c13-5-3-9-7(4-6(5)14)15-12(20)17(9)8-1-2-10(18)16-11(8)19/h3-4,8H,1-2H2,(H,15,20)(H,16,18,19). The summed E-state index contributed by atoms with van der Waals surface area (Å²) in [4.78, 5) is 26.0. The van der Waals surface area contributed by atoms with E-state index in [9.17, 15) is 14.0 Å². The van der Waals surface area contributed by atoms with Gasteiger partial charge in [0.2, 0.25) is 11.8 Å². The number of hydrogen-bond donors (Lipinski definition) is 2. The Kier molecular flexibility index (Phi) is 3.21. The summed E-state index contributed by atoms with van der Waals surface area (Å²) in [6.45, 7) is 0. The zero-order valence-electron chi connectivity index (χ0n) is 10.1. The van der Waals surface area contributed by atoms with Crippen molar-refractivity contribution in [3.05, 3.63) is 27.2 Å². The molecule has 2 aromatic rings. The van der Waals surface area contributed by atoms with Gasteiger partial charge in [-0.2, -0.15) is 0 Å². The number of halogens is 2. The average Bonchev–Trinajstić information content (AvgIpc) is 2.66. The fourth-order valence-corrected chi connectivity index (χ4v) is 3.03. The third kappa shape index (κ3) is 2.08. The van der Waals surface area contributed by atoms with Gasteiger partial charge >= 0.3 is 0 Å². The van der Waals surface area contributed by atoms with E-state index < -0.39 is 17.8 Å². The van der Waals surface area contributed by atoms with Crippen molar-refractivity contribution in [1.29, 1.82) is 0 Å². The molecule has 1 fully saturated rings. The second kappa shape index (κ2) is 4.78. The van der Waals surface area contributed by atoms with Crippen molar-refractivity contribution in [3.63, 3.8) is 0 Å². The summed E-state index contributed by atoms with van der Waals surface area (Å²) in [5.74, 6) is -1.09. The highest BCUT2D eigenvalue weighted by atomic mass is 79.9. The first-order chi connectivity index (χ1) is 9.47. The molecule has 2 heterocycles. The van der Waals surface area contributed by atoms with E-state index in [1.54, 1.807) is 10.6 Å². The van der Waals surface area contributed by atoms with Crippen LogP contribution in [0.25, 0.3) is 11.0 Å². The van der Waals surface area contributed by atoms with Crippen molar-refractivity contribution >= 4 is 51.0 Å². The van der Waals surface area contributed by atoms with Crippen molar-refractivity contribution in [3.8, 4) is 0 Å². The van der Waals surface area contributed by atoms with Gasteiger partial charge in [-0.25, -0.2) is 4.39 Å². The van der Waals surface area contributed by atoms with Crippen LogP contribution in [0.15, 0.2) is 16.6 Å². The smallest absolute Gasteiger partial charge is 0.249 e. The summed E-state index contributed by atoms with van der Waals surface area (Å²) in [6.07, 6.45) is 0.633. The van der Waals surface area contributed by atoms with Gasteiger partial charge in [0.05, 0.1) is 15.5 Å². The molecule has 1 aromatic heterocycles. The lowest BCUT2D eigenvalue weighted by Crippen LogP contribution is -2.41. The number of rotatable bonds is 1. The SMILES string of the molecule is O=C1CCC(n2c(=S)[nH]c3cc(F)c(Br)cc32)C(=O)N1. The Morgan fingerprint density at radius 2 is 2.15 bits per heavy atom. The number of aromatic nitrogens is 2. The number of benzene rings is 1. The highest BCUT2D eigenvalue weighted by Gasteiger charge is 2.29. The van der Waals surface area contributed by atoms with E-state index in [2.05, 4.69) is 26.2 Å². The first-order valence-corrected chi connectivity index (χ1v) is 7.10. The number of carbonyl (C=O) groups is 2. The van der Waals surface area contributed by atoms with Gasteiger partial charge in [0.25, 0.3) is 0 Å². The number of amides is 2. The molecular formula is C12H9BrFN3O2S. The third-order valence-corrected chi connectivity index (χ3v) is 4.19. The molecule has 1 atom stereocenters. The molecule has 1 unspecified atom stereocenters. The van der Waals surface area contributed by atoms with Gasteiger partial charge < -0.3 is 9.55 Å². The van der Waals surface area contributed by atoms with Gasteiger partial charge in [0, 0.05) is 12.5 Å². The van der Waals surface area contributed by atoms with Crippen LogP contribution in [-0.4, -0.2) is 21.4 Å². The molecule has 0 saturated carbocycles. The molecule has 0 radical (unpaired) electrons. The summed E-state index contributed by atoms with van der Waals surface area (Å²) in [5.41, 5.74) is 1.14. The second-order valence-corrected chi connectivity index (χ2v) is 5.79. The number of fused-ring (bicyclic) bond motifs is 1. The minimum Gasteiger partial charge on any atom is -0.330 e. The Labute approximate surface area is 126 Å². The van der Waals surface area contributed by atoms with Gasteiger partial charge in [0.1, 0.15) is 11.9 Å². The minimum absolute atomic E-state index is 0.257. The Balaban J connectivity index is 2.18. The summed E-state index contributed by atoms with van der Waals surface area (Å²) >= 11 is 8.32. The van der Waals surface area contributed by atoms with E-state index >= 15 is 0 Å². The number of aromatic amines is 1. The minimum atomic E-state index is -0.564. The number of piperidine rings is 1. The van der Waals surface area contributed by atoms with Crippen LogP contribution in [0.2, 0.25) is 0 Å². The molecule has 0 aliphatic carbocycles. The predicted octanol–water partition coefficient (Wildman–Crippen LogP) is 2.58. The molecule has 0 spiro atoms. The molecule has 0 bridgehead atoms. The van der Waals surface area contributed by atoms with Gasteiger partial charge in [-0.1, -0.05) is 0 Å². The van der Waals surface area contributed by atoms with Crippen molar-refractivity contribution in [1.82, 2.24) is 14.9 Å². The molecule has 5 nitrogen and oxygen atoms in total. The second-order valence-electron chi connectivity index (χ2n) is 4.55. The normalized spacial score (nSPS) is 19.4. The van der Waals surface area contributed by atoms with Gasteiger partial charge in [-0.3, -0.25) is 14.9 Å². The first kappa shape index (κ1) is 13.4. The lowest BCUT2D eigenvalue weighted by molar-refractivity contribution is -0.135. The summed E-state index contributed by atoms with van der Waals surface area (Å²) in [5, 5.41) is 2.29. The highest BCUT2D eigenvalue weighted by Crippen LogP contribution is 2.28. The van der Waals surface area contributed by atoms with Crippen LogP contribution in [0.1, 0.15) is 18.9 Å². The van der Waals surface area contributed by atoms with E-state index in [-0.39, 0.29) is 12.3 Å². The Bertz CT molecular complexity index is 798. The van der Waals surface area contributed by atoms with E-state index in [0.29, 0.717) is 26.7 Å². The van der Waals surface area contributed by atoms with Crippen LogP contribution in [0.3, 0.4) is 0 Å². The molecular weight excluding hydrogens is 349 g/mol. The van der Waals surface area contributed by atoms with E-state index in [0.717, 1.165) is 0 Å². The maximum Gasteiger partial charge on any atom is 0.249 e. The molecule has 1 aromatic carbocycles. The number of imide groups is 1. The summed E-state index contributed by atoms with van der Waals surface area (Å²) < 4.78 is 15.8. The van der Waals surface area contributed by atoms with E-state index in [1.165, 1.54) is 6.07 Å². The van der Waals surface area contributed by atoms with Gasteiger partial charge in [-0.15, -0.1) is 0 Å². The number of nitrogens with one attached hydrogen (secondary N) is 2. The van der Waals surface area contributed by atoms with Crippen molar-refractivity contribution in [2.45, 2.75) is 18.9 Å². The van der Waals surface area contributed by atoms with Crippen molar-refractivity contribution in [2.75, 3.05) is 0 Å². The van der Waals surface area contributed by atoms with E-state index in [1.807, 2.05) is 0 Å². The Morgan fingerprint density at radius 1 is 1.40 bits per heavy atom. The van der Waals surface area contributed by atoms with E-state index in [4.69, 9.17) is 12.2 Å². The van der Waals surface area contributed by atoms with Crippen molar-refractivity contribution in [2.24, 2.45) is 0 Å². The molecule has 20 heavy (non-hydrogen) atoms. The molecule has 3 rings (SSSR count). The number of hydrogen-bond acceptors (Lipinski definition) is 3. The fraction of sp³-hybridized carbons (Fsp3) is 0.250. The quantitative estimate of drug-likeness (QED) is 0.608. The number of nitrogens with zero attached hydrogens (tertiary/aromatic N) is 1. The zero-order chi connectivity index (χ0) is 14.4. The number of H-pyrrole nitrogens is 1. The lowest BCUT2D eigenvalue weighted by Gasteiger charge is -2.22. The molecule has 8 heteroatoms. The van der Waals surface area contributed by atoms with Crippen LogP contribution in [0, 0.1) is 10.6 Å². The predicted molar refractivity (Wildman–Crippen MR) is 76.2 cm³/mol. The molecule has 1 aliphatic heterocycles. The topological polar surface area (TPSA) is 66.9 Å². The Morgan fingerprint density at radius 3 is 2.85 bits per heavy atom. The number of imidazole rings is 1. The van der Waals surface area contributed by atoms with Gasteiger partial charge in [-0.05, 0) is 40.6 Å². The molecule has 1 saturated heterocycles. The summed E-state index contributed by atoms with van der Waals surface area (Å²) in [6, 6.07) is 2.32. The maximum atomic E-state index is 13.5. The van der Waals surface area contributed by atoms with Crippen LogP contribution < -0.4 is 5.32 Å². The van der Waals surface area contributed by atoms with Crippen LogP contribution in [-0.2, 0) is 9.59 Å². The number of carbonyl (C=O) groups excluding carboxylic acids is 2. The van der Waals surface area contributed by atoms with Crippen LogP contribution in [0.4, 0.5) is 4.39 Å². The maximum absolute atomic E-state index is 13.5. The lowest BCUT2D eigenvalue weighted by atomic mass is 10.1. The molecule has 2 amide bonds. The Hall–Kier alpha value is -1.54. The molecule has 104 valence electrons. The van der Waals surface area contributed by atoms with Crippen LogP contribution >= 0.6 is 28.1 Å².